The summed E-state index contributed by atoms with van der Waals surface area (Å²) in [6, 6.07) is 0. The molecule has 0 radical (unpaired) electrons. The van der Waals surface area contributed by atoms with E-state index in [2.05, 4.69) is 22.1 Å². The zero-order valence-electron chi connectivity index (χ0n) is 13.5. The van der Waals surface area contributed by atoms with Gasteiger partial charge in [0.1, 0.15) is 4.90 Å². The lowest BCUT2D eigenvalue weighted by atomic mass is 9.98. The molecule has 0 bridgehead atoms. The molecule has 7 heteroatoms. The first-order valence-corrected chi connectivity index (χ1v) is 9.12. The number of aromatic nitrogens is 2. The molecule has 0 aliphatic heterocycles. The van der Waals surface area contributed by atoms with Crippen LogP contribution in [0.3, 0.4) is 0 Å². The van der Waals surface area contributed by atoms with Gasteiger partial charge in [0.15, 0.2) is 0 Å². The third-order valence-corrected chi connectivity index (χ3v) is 5.40. The van der Waals surface area contributed by atoms with Gasteiger partial charge in [0.05, 0.1) is 12.7 Å². The van der Waals surface area contributed by atoms with Crippen molar-refractivity contribution < 1.29 is 8.42 Å². The summed E-state index contributed by atoms with van der Waals surface area (Å²) in [4.78, 5) is 0.228. The van der Waals surface area contributed by atoms with Crippen LogP contribution in [0.1, 0.15) is 47.0 Å². The van der Waals surface area contributed by atoms with Crippen molar-refractivity contribution in [1.82, 2.24) is 19.8 Å². The monoisotopic (exact) mass is 316 g/mol. The highest BCUT2D eigenvalue weighted by molar-refractivity contribution is 7.89. The Bertz CT molecular complexity index is 521. The van der Waals surface area contributed by atoms with E-state index in [1.54, 1.807) is 10.9 Å². The van der Waals surface area contributed by atoms with E-state index in [9.17, 15) is 8.42 Å². The lowest BCUT2D eigenvalue weighted by molar-refractivity contribution is 0.388. The first kappa shape index (κ1) is 18.1. The average molecular weight is 316 g/mol. The normalized spacial score (nSPS) is 12.8. The number of rotatable bonds is 10. The van der Waals surface area contributed by atoms with Crippen LogP contribution >= 0.6 is 0 Å². The second kappa shape index (κ2) is 7.91. The minimum atomic E-state index is -3.51. The predicted octanol–water partition coefficient (Wildman–Crippen LogP) is 1.74. The minimum Gasteiger partial charge on any atom is -0.315 e. The standard InChI is InChI=1S/C14H28N4O2S/c1-5-8-15-9-10-18-12-13(11-16-18)21(19,20)17-14(4,6-2)7-3/h11-12,15,17H,5-10H2,1-4H3. The van der Waals surface area contributed by atoms with Gasteiger partial charge < -0.3 is 5.32 Å². The summed E-state index contributed by atoms with van der Waals surface area (Å²) in [6.45, 7) is 10.4. The molecule has 21 heavy (non-hydrogen) atoms. The smallest absolute Gasteiger partial charge is 0.244 e. The van der Waals surface area contributed by atoms with Gasteiger partial charge in [-0.2, -0.15) is 5.10 Å². The van der Waals surface area contributed by atoms with Crippen LogP contribution in [0.5, 0.6) is 0 Å². The van der Waals surface area contributed by atoms with Gasteiger partial charge >= 0.3 is 0 Å². The van der Waals surface area contributed by atoms with Crippen LogP contribution in [0.2, 0.25) is 0 Å². The Morgan fingerprint density at radius 2 is 1.90 bits per heavy atom. The zero-order valence-corrected chi connectivity index (χ0v) is 14.3. The van der Waals surface area contributed by atoms with Crippen molar-refractivity contribution in [3.05, 3.63) is 12.4 Å². The van der Waals surface area contributed by atoms with Crippen molar-refractivity contribution in [3.8, 4) is 0 Å². The van der Waals surface area contributed by atoms with Gasteiger partial charge in [0.2, 0.25) is 10.0 Å². The number of nitrogens with one attached hydrogen (secondary N) is 2. The third kappa shape index (κ3) is 5.41. The van der Waals surface area contributed by atoms with Crippen molar-refractivity contribution in [3.63, 3.8) is 0 Å². The van der Waals surface area contributed by atoms with Gasteiger partial charge in [-0.3, -0.25) is 4.68 Å². The highest BCUT2D eigenvalue weighted by atomic mass is 32.2. The maximum absolute atomic E-state index is 12.4. The van der Waals surface area contributed by atoms with Crippen molar-refractivity contribution in [2.24, 2.45) is 0 Å². The highest BCUT2D eigenvalue weighted by Gasteiger charge is 2.28. The Labute approximate surface area is 128 Å². The van der Waals surface area contributed by atoms with Gasteiger partial charge in [0, 0.05) is 18.3 Å². The first-order valence-electron chi connectivity index (χ1n) is 7.64. The van der Waals surface area contributed by atoms with Crippen LogP contribution in [0.25, 0.3) is 0 Å². The fourth-order valence-electron chi connectivity index (χ4n) is 1.88. The van der Waals surface area contributed by atoms with Gasteiger partial charge in [-0.15, -0.1) is 0 Å². The molecule has 0 aliphatic rings. The Hall–Kier alpha value is -0.920. The fraction of sp³-hybridized carbons (Fsp3) is 0.786. The maximum Gasteiger partial charge on any atom is 0.244 e. The molecule has 0 saturated carbocycles. The van der Waals surface area contributed by atoms with Crippen LogP contribution in [0.15, 0.2) is 17.3 Å². The number of hydrogen-bond acceptors (Lipinski definition) is 4. The first-order chi connectivity index (χ1) is 9.87. The topological polar surface area (TPSA) is 76.0 Å². The van der Waals surface area contributed by atoms with E-state index in [0.29, 0.717) is 6.54 Å². The fourth-order valence-corrected chi connectivity index (χ4v) is 3.38. The lowest BCUT2D eigenvalue weighted by Gasteiger charge is -2.27. The molecule has 0 spiro atoms. The second-order valence-corrected chi connectivity index (χ2v) is 7.24. The van der Waals surface area contributed by atoms with Crippen molar-refractivity contribution in [1.29, 1.82) is 0 Å². The Morgan fingerprint density at radius 1 is 1.24 bits per heavy atom. The van der Waals surface area contributed by atoms with E-state index in [1.165, 1.54) is 6.20 Å². The van der Waals surface area contributed by atoms with Crippen LogP contribution in [0.4, 0.5) is 0 Å². The molecule has 1 aromatic rings. The van der Waals surface area contributed by atoms with Gasteiger partial charge in [-0.05, 0) is 32.7 Å². The molecule has 2 N–H and O–H groups in total. The molecule has 1 aromatic heterocycles. The lowest BCUT2D eigenvalue weighted by Crippen LogP contribution is -2.44. The summed E-state index contributed by atoms with van der Waals surface area (Å²) < 4.78 is 29.2. The molecule has 0 saturated heterocycles. The van der Waals surface area contributed by atoms with E-state index in [0.717, 1.165) is 32.4 Å². The van der Waals surface area contributed by atoms with Gasteiger partial charge in [0.25, 0.3) is 0 Å². The molecule has 0 amide bonds. The maximum atomic E-state index is 12.4. The Balaban J connectivity index is 2.70. The van der Waals surface area contributed by atoms with E-state index >= 15 is 0 Å². The SMILES string of the molecule is CCCNCCn1cc(S(=O)(=O)NC(C)(CC)CC)cn1. The molecule has 6 nitrogen and oxygen atoms in total. The zero-order chi connectivity index (χ0) is 15.9. The molecule has 0 aliphatic carbocycles. The van der Waals surface area contributed by atoms with Gasteiger partial charge in [-0.25, -0.2) is 13.1 Å². The number of hydrogen-bond donors (Lipinski definition) is 2. The molecule has 0 atom stereocenters. The number of nitrogens with zero attached hydrogens (tertiary/aromatic N) is 2. The van der Waals surface area contributed by atoms with Crippen molar-refractivity contribution in [2.75, 3.05) is 13.1 Å². The summed E-state index contributed by atoms with van der Waals surface area (Å²) in [5.41, 5.74) is -0.413. The summed E-state index contributed by atoms with van der Waals surface area (Å²) in [5.74, 6) is 0. The van der Waals surface area contributed by atoms with E-state index in [-0.39, 0.29) is 4.90 Å². The van der Waals surface area contributed by atoms with Gasteiger partial charge in [-0.1, -0.05) is 20.8 Å². The summed E-state index contributed by atoms with van der Waals surface area (Å²) >= 11 is 0. The molecule has 0 aromatic carbocycles. The largest absolute Gasteiger partial charge is 0.315 e. The quantitative estimate of drug-likeness (QED) is 0.645. The van der Waals surface area contributed by atoms with E-state index < -0.39 is 15.6 Å². The molecular weight excluding hydrogens is 288 g/mol. The number of sulfonamides is 1. The van der Waals surface area contributed by atoms with Crippen LogP contribution in [-0.4, -0.2) is 36.8 Å². The summed E-state index contributed by atoms with van der Waals surface area (Å²) in [7, 11) is -3.51. The Kier molecular flexibility index (Phi) is 6.83. The summed E-state index contributed by atoms with van der Waals surface area (Å²) in [6.07, 6.45) is 5.57. The van der Waals surface area contributed by atoms with Crippen LogP contribution in [-0.2, 0) is 16.6 Å². The minimum absolute atomic E-state index is 0.228. The summed E-state index contributed by atoms with van der Waals surface area (Å²) in [5, 5.41) is 7.38. The third-order valence-electron chi connectivity index (χ3n) is 3.81. The molecular formula is C14H28N4O2S. The second-order valence-electron chi connectivity index (χ2n) is 5.56. The molecule has 1 heterocycles. The van der Waals surface area contributed by atoms with E-state index in [4.69, 9.17) is 0 Å². The predicted molar refractivity (Wildman–Crippen MR) is 84.7 cm³/mol. The molecule has 122 valence electrons. The molecule has 1 rings (SSSR count). The highest BCUT2D eigenvalue weighted by Crippen LogP contribution is 2.18. The average Bonchev–Trinajstić information content (AvgIpc) is 2.93. The van der Waals surface area contributed by atoms with Crippen molar-refractivity contribution in [2.45, 2.75) is 63.9 Å². The molecule has 0 unspecified atom stereocenters. The van der Waals surface area contributed by atoms with Crippen LogP contribution in [0, 0.1) is 0 Å². The van der Waals surface area contributed by atoms with Crippen LogP contribution < -0.4 is 10.0 Å². The van der Waals surface area contributed by atoms with E-state index in [1.807, 2.05) is 20.8 Å². The molecule has 0 fully saturated rings. The Morgan fingerprint density at radius 3 is 2.48 bits per heavy atom. The van der Waals surface area contributed by atoms with Crippen molar-refractivity contribution >= 4 is 10.0 Å².